The van der Waals surface area contributed by atoms with Gasteiger partial charge in [0.05, 0.1) is 27.7 Å². The van der Waals surface area contributed by atoms with E-state index in [0.717, 1.165) is 48.1 Å². The monoisotopic (exact) mass is 475 g/mol. The molecular weight excluding hydrogens is 450 g/mol. The van der Waals surface area contributed by atoms with Crippen LogP contribution in [-0.4, -0.2) is 32.8 Å². The van der Waals surface area contributed by atoms with E-state index in [1.165, 1.54) is 11.8 Å². The van der Waals surface area contributed by atoms with Gasteiger partial charge in [0.1, 0.15) is 4.32 Å². The summed E-state index contributed by atoms with van der Waals surface area (Å²) in [6, 6.07) is 17.7. The highest BCUT2D eigenvalue weighted by molar-refractivity contribution is 8.26. The van der Waals surface area contributed by atoms with Crippen molar-refractivity contribution in [2.24, 2.45) is 7.05 Å². The van der Waals surface area contributed by atoms with Crippen LogP contribution in [0.3, 0.4) is 0 Å². The molecule has 2 aromatic carbocycles. The number of nitrogens with zero attached hydrogens (tertiary/aromatic N) is 3. The van der Waals surface area contributed by atoms with Crippen molar-refractivity contribution < 1.29 is 4.79 Å². The lowest BCUT2D eigenvalue weighted by Crippen LogP contribution is -2.31. The summed E-state index contributed by atoms with van der Waals surface area (Å²) in [6.45, 7) is 3.79. The number of hydrogen-bond acceptors (Lipinski definition) is 5. The van der Waals surface area contributed by atoms with Crippen molar-refractivity contribution in [1.29, 1.82) is 0 Å². The molecule has 0 spiro atoms. The number of amides is 1. The zero-order chi connectivity index (χ0) is 23.1. The van der Waals surface area contributed by atoms with Gasteiger partial charge in [-0.15, -0.1) is 0 Å². The summed E-state index contributed by atoms with van der Waals surface area (Å²) >= 11 is 6.87. The number of rotatable bonds is 4. The first-order valence-electron chi connectivity index (χ1n) is 11.2. The molecule has 5 nitrogen and oxygen atoms in total. The lowest BCUT2D eigenvalue weighted by molar-refractivity contribution is -0.123. The van der Waals surface area contributed by atoms with Gasteiger partial charge in [-0.25, -0.2) is 0 Å². The molecule has 1 amide bonds. The number of thioether (sulfide) groups is 1. The second-order valence-corrected chi connectivity index (χ2v) is 10.2. The van der Waals surface area contributed by atoms with Crippen LogP contribution in [0.2, 0.25) is 0 Å². The minimum absolute atomic E-state index is 0.100. The van der Waals surface area contributed by atoms with Crippen molar-refractivity contribution in [3.05, 3.63) is 81.0 Å². The number of pyridine rings is 1. The van der Waals surface area contributed by atoms with Gasteiger partial charge in [0, 0.05) is 25.5 Å². The Hall–Kier alpha value is -2.90. The standard InChI is InChI=1S/C26H25N3O2S2/c1-17(18-10-4-3-5-11-18)29-25(31)22(33-26(29)32)16-20-23(28-14-8-9-15-28)19-12-6-7-13-21(19)27(2)24(20)30/h3-7,10-13,16-17H,8-9,14-15H2,1-2H3. The van der Waals surface area contributed by atoms with E-state index >= 15 is 0 Å². The van der Waals surface area contributed by atoms with E-state index < -0.39 is 0 Å². The zero-order valence-electron chi connectivity index (χ0n) is 18.7. The van der Waals surface area contributed by atoms with Crippen molar-refractivity contribution in [1.82, 2.24) is 9.47 Å². The molecule has 3 aromatic rings. The van der Waals surface area contributed by atoms with E-state index in [-0.39, 0.29) is 17.5 Å². The van der Waals surface area contributed by atoms with Gasteiger partial charge in [-0.2, -0.15) is 0 Å². The summed E-state index contributed by atoms with van der Waals surface area (Å²) in [5.74, 6) is -0.149. The van der Waals surface area contributed by atoms with Gasteiger partial charge in [0.25, 0.3) is 11.5 Å². The van der Waals surface area contributed by atoms with Gasteiger partial charge in [0.15, 0.2) is 0 Å². The fourth-order valence-electron chi connectivity index (χ4n) is 4.74. The number of aromatic nitrogens is 1. The summed E-state index contributed by atoms with van der Waals surface area (Å²) in [6.07, 6.45) is 3.96. The number of carbonyl (C=O) groups excluding carboxylic acids is 1. The molecule has 5 rings (SSSR count). The Morgan fingerprint density at radius 2 is 1.67 bits per heavy atom. The molecule has 0 saturated carbocycles. The molecule has 0 radical (unpaired) electrons. The summed E-state index contributed by atoms with van der Waals surface area (Å²) in [7, 11) is 1.79. The maximum Gasteiger partial charge on any atom is 0.266 e. The Balaban J connectivity index is 1.63. The average Bonchev–Trinajstić information content (AvgIpc) is 3.46. The van der Waals surface area contributed by atoms with Gasteiger partial charge in [-0.05, 0) is 37.5 Å². The minimum atomic E-state index is -0.179. The fourth-order valence-corrected chi connectivity index (χ4v) is 6.14. The van der Waals surface area contributed by atoms with E-state index in [9.17, 15) is 9.59 Å². The number of para-hydroxylation sites is 1. The van der Waals surface area contributed by atoms with Crippen molar-refractivity contribution in [2.45, 2.75) is 25.8 Å². The molecule has 1 aromatic heterocycles. The molecule has 33 heavy (non-hydrogen) atoms. The molecule has 0 bridgehead atoms. The highest BCUT2D eigenvalue weighted by Crippen LogP contribution is 2.40. The van der Waals surface area contributed by atoms with E-state index in [1.807, 2.05) is 55.5 Å². The maximum atomic E-state index is 13.5. The molecule has 2 saturated heterocycles. The van der Waals surface area contributed by atoms with Crippen LogP contribution < -0.4 is 10.5 Å². The molecule has 168 valence electrons. The summed E-state index contributed by atoms with van der Waals surface area (Å²) in [4.78, 5) is 31.4. The maximum absolute atomic E-state index is 13.5. The second-order valence-electron chi connectivity index (χ2n) is 8.48. The molecule has 1 unspecified atom stereocenters. The number of anilines is 1. The number of carbonyl (C=O) groups is 1. The Morgan fingerprint density at radius 3 is 2.39 bits per heavy atom. The summed E-state index contributed by atoms with van der Waals surface area (Å²) in [5.41, 5.74) is 3.30. The van der Waals surface area contributed by atoms with E-state index in [4.69, 9.17) is 12.2 Å². The molecule has 0 N–H and O–H groups in total. The third-order valence-corrected chi connectivity index (χ3v) is 7.83. The molecule has 2 aliphatic rings. The zero-order valence-corrected chi connectivity index (χ0v) is 20.3. The SMILES string of the molecule is CC(c1ccccc1)N1C(=O)C(=Cc2c(N3CCCC3)c3ccccc3n(C)c2=O)SC1=S. The molecule has 7 heteroatoms. The van der Waals surface area contributed by atoms with Crippen LogP contribution in [0.25, 0.3) is 17.0 Å². The Labute approximate surface area is 202 Å². The third-order valence-electron chi connectivity index (χ3n) is 6.50. The van der Waals surface area contributed by atoms with Crippen LogP contribution in [0.15, 0.2) is 64.3 Å². The van der Waals surface area contributed by atoms with Crippen molar-refractivity contribution in [3.63, 3.8) is 0 Å². The predicted octanol–water partition coefficient (Wildman–Crippen LogP) is 5.10. The van der Waals surface area contributed by atoms with Crippen LogP contribution in [0.4, 0.5) is 5.69 Å². The first-order chi connectivity index (χ1) is 16.0. The smallest absolute Gasteiger partial charge is 0.266 e. The largest absolute Gasteiger partial charge is 0.370 e. The van der Waals surface area contributed by atoms with Crippen molar-refractivity contribution in [3.8, 4) is 0 Å². The number of benzene rings is 2. The summed E-state index contributed by atoms with van der Waals surface area (Å²) in [5, 5.41) is 1.03. The van der Waals surface area contributed by atoms with Crippen LogP contribution in [0.1, 0.15) is 36.9 Å². The average molecular weight is 476 g/mol. The highest BCUT2D eigenvalue weighted by atomic mass is 32.2. The van der Waals surface area contributed by atoms with Crippen LogP contribution in [0, 0.1) is 0 Å². The number of fused-ring (bicyclic) bond motifs is 1. The van der Waals surface area contributed by atoms with Gasteiger partial charge < -0.3 is 9.47 Å². The van der Waals surface area contributed by atoms with Gasteiger partial charge in [0.2, 0.25) is 0 Å². The first kappa shape index (κ1) is 21.9. The van der Waals surface area contributed by atoms with Crippen LogP contribution >= 0.6 is 24.0 Å². The van der Waals surface area contributed by atoms with E-state index in [2.05, 4.69) is 11.0 Å². The number of aryl methyl sites for hydroxylation is 1. The quantitative estimate of drug-likeness (QED) is 0.388. The molecule has 0 aliphatic carbocycles. The predicted molar refractivity (Wildman–Crippen MR) is 141 cm³/mol. The molecule has 3 heterocycles. The number of thiocarbonyl (C=S) groups is 1. The number of hydrogen-bond donors (Lipinski definition) is 0. The minimum Gasteiger partial charge on any atom is -0.370 e. The van der Waals surface area contributed by atoms with Gasteiger partial charge in [-0.3, -0.25) is 14.5 Å². The van der Waals surface area contributed by atoms with E-state index in [1.54, 1.807) is 22.6 Å². The fraction of sp³-hybridized carbons (Fsp3) is 0.269. The molecule has 2 fully saturated rings. The second kappa shape index (κ2) is 8.80. The van der Waals surface area contributed by atoms with Crippen molar-refractivity contribution >= 4 is 56.9 Å². The first-order valence-corrected chi connectivity index (χ1v) is 12.4. The molecule has 1 atom stereocenters. The van der Waals surface area contributed by atoms with Gasteiger partial charge >= 0.3 is 0 Å². The Morgan fingerprint density at radius 1 is 1.00 bits per heavy atom. The van der Waals surface area contributed by atoms with E-state index in [0.29, 0.717) is 14.8 Å². The molecule has 2 aliphatic heterocycles. The normalized spacial score (nSPS) is 18.7. The lowest BCUT2D eigenvalue weighted by atomic mass is 10.1. The Kier molecular flexibility index (Phi) is 5.85. The van der Waals surface area contributed by atoms with Crippen LogP contribution in [-0.2, 0) is 11.8 Å². The van der Waals surface area contributed by atoms with Crippen LogP contribution in [0.5, 0.6) is 0 Å². The molecular formula is C26H25N3O2S2. The Bertz CT molecular complexity index is 1340. The third kappa shape index (κ3) is 3.79. The lowest BCUT2D eigenvalue weighted by Gasteiger charge is -2.24. The van der Waals surface area contributed by atoms with Gasteiger partial charge in [-0.1, -0.05) is 72.5 Å². The highest BCUT2D eigenvalue weighted by Gasteiger charge is 2.36. The topological polar surface area (TPSA) is 45.6 Å². The van der Waals surface area contributed by atoms with Crippen molar-refractivity contribution in [2.75, 3.05) is 18.0 Å². The summed E-state index contributed by atoms with van der Waals surface area (Å²) < 4.78 is 2.19.